The number of hydrogen-bond acceptors (Lipinski definition) is 4. The molecule has 0 fully saturated rings. The van der Waals surface area contributed by atoms with E-state index in [9.17, 15) is 4.79 Å². The molecule has 1 N–H and O–H groups in total. The number of hydrogen-bond donors (Lipinski definition) is 1. The fourth-order valence-corrected chi connectivity index (χ4v) is 1.46. The van der Waals surface area contributed by atoms with Gasteiger partial charge < -0.3 is 19.3 Å². The van der Waals surface area contributed by atoms with Gasteiger partial charge in [-0.1, -0.05) is 6.07 Å². The first-order valence-electron chi connectivity index (χ1n) is 5.00. The van der Waals surface area contributed by atoms with Crippen LogP contribution in [0, 0.1) is 0 Å². The number of rotatable bonds is 3. The van der Waals surface area contributed by atoms with Gasteiger partial charge in [0, 0.05) is 0 Å². The molecule has 0 saturated heterocycles. The van der Waals surface area contributed by atoms with E-state index in [2.05, 4.69) is 0 Å². The van der Waals surface area contributed by atoms with Crippen LogP contribution in [0.4, 0.5) is 0 Å². The molecule has 1 atom stereocenters. The van der Waals surface area contributed by atoms with Crippen molar-refractivity contribution in [1.29, 1.82) is 0 Å². The molecule has 0 radical (unpaired) electrons. The van der Waals surface area contributed by atoms with Gasteiger partial charge in [0.2, 0.25) is 11.9 Å². The molecule has 2 rings (SSSR count). The first-order chi connectivity index (χ1) is 7.72. The van der Waals surface area contributed by atoms with Crippen molar-refractivity contribution < 1.29 is 24.1 Å². The van der Waals surface area contributed by atoms with Crippen LogP contribution in [0.2, 0.25) is 0 Å². The Bertz CT molecular complexity index is 401. The highest BCUT2D eigenvalue weighted by Gasteiger charge is 2.29. The van der Waals surface area contributed by atoms with Crippen molar-refractivity contribution in [2.75, 3.05) is 13.2 Å². The molecule has 0 aliphatic carbocycles. The van der Waals surface area contributed by atoms with E-state index in [1.807, 2.05) is 6.92 Å². The summed E-state index contributed by atoms with van der Waals surface area (Å²) in [6.45, 7) is 2.34. The zero-order valence-electron chi connectivity index (χ0n) is 8.80. The predicted octanol–water partition coefficient (Wildman–Crippen LogP) is 1.31. The molecule has 5 heteroatoms. The van der Waals surface area contributed by atoms with Gasteiger partial charge in [-0.25, -0.2) is 4.79 Å². The number of aliphatic carboxylic acids is 1. The lowest BCUT2D eigenvalue weighted by Crippen LogP contribution is -2.36. The predicted molar refractivity (Wildman–Crippen MR) is 55.2 cm³/mol. The Morgan fingerprint density at radius 1 is 1.62 bits per heavy atom. The summed E-state index contributed by atoms with van der Waals surface area (Å²) in [7, 11) is 0. The minimum atomic E-state index is -1.04. The van der Waals surface area contributed by atoms with Crippen molar-refractivity contribution in [3.8, 4) is 17.2 Å². The number of carboxylic acid groups (broad SMARTS) is 1. The van der Waals surface area contributed by atoms with E-state index in [0.717, 1.165) is 0 Å². The molecule has 1 aliphatic heterocycles. The zero-order chi connectivity index (χ0) is 11.5. The standard InChI is InChI=1S/C11H12O5/c1-2-14-7-4-3-5-8-10(7)16-9(6-15-8)11(12)13/h3-5,9H,2,6H2,1H3,(H,12,13)/t9-/m1/s1. The average Bonchev–Trinajstić information content (AvgIpc) is 2.29. The van der Waals surface area contributed by atoms with Crippen LogP contribution in [-0.2, 0) is 4.79 Å². The van der Waals surface area contributed by atoms with E-state index < -0.39 is 12.1 Å². The average molecular weight is 224 g/mol. The van der Waals surface area contributed by atoms with Gasteiger partial charge in [-0.15, -0.1) is 0 Å². The zero-order valence-corrected chi connectivity index (χ0v) is 8.80. The first-order valence-corrected chi connectivity index (χ1v) is 5.00. The summed E-state index contributed by atoms with van der Waals surface area (Å²) in [4.78, 5) is 10.8. The van der Waals surface area contributed by atoms with E-state index in [-0.39, 0.29) is 6.61 Å². The number of fused-ring (bicyclic) bond motifs is 1. The second-order valence-electron chi connectivity index (χ2n) is 3.27. The summed E-state index contributed by atoms with van der Waals surface area (Å²) >= 11 is 0. The van der Waals surface area contributed by atoms with E-state index in [4.69, 9.17) is 19.3 Å². The second kappa shape index (κ2) is 4.30. The monoisotopic (exact) mass is 224 g/mol. The summed E-state index contributed by atoms with van der Waals surface area (Å²) in [6.07, 6.45) is -0.978. The lowest BCUT2D eigenvalue weighted by Gasteiger charge is -2.25. The SMILES string of the molecule is CCOc1cccc2c1O[C@@H](C(=O)O)CO2. The molecule has 86 valence electrons. The van der Waals surface area contributed by atoms with Crippen LogP contribution in [0.15, 0.2) is 18.2 Å². The third kappa shape index (κ3) is 1.88. The van der Waals surface area contributed by atoms with Crippen LogP contribution in [0.1, 0.15) is 6.92 Å². The molecule has 1 heterocycles. The van der Waals surface area contributed by atoms with Crippen molar-refractivity contribution in [2.24, 2.45) is 0 Å². The normalized spacial score (nSPS) is 17.9. The van der Waals surface area contributed by atoms with Crippen LogP contribution in [0.3, 0.4) is 0 Å². The molecule has 0 saturated carbocycles. The lowest BCUT2D eigenvalue weighted by atomic mass is 10.2. The van der Waals surface area contributed by atoms with Gasteiger partial charge in [0.25, 0.3) is 0 Å². The van der Waals surface area contributed by atoms with Crippen LogP contribution in [0.5, 0.6) is 17.2 Å². The van der Waals surface area contributed by atoms with Crippen LogP contribution in [0.25, 0.3) is 0 Å². The van der Waals surface area contributed by atoms with Crippen LogP contribution < -0.4 is 14.2 Å². The molecule has 16 heavy (non-hydrogen) atoms. The number of carboxylic acids is 1. The molecule has 1 aromatic rings. The molecule has 0 bridgehead atoms. The molecule has 1 aliphatic rings. The highest BCUT2D eigenvalue weighted by molar-refractivity contribution is 5.74. The molecule has 0 aromatic heterocycles. The number of carbonyl (C=O) groups is 1. The van der Waals surface area contributed by atoms with Crippen molar-refractivity contribution >= 4 is 5.97 Å². The van der Waals surface area contributed by atoms with E-state index in [0.29, 0.717) is 23.9 Å². The fourth-order valence-electron chi connectivity index (χ4n) is 1.46. The smallest absolute Gasteiger partial charge is 0.348 e. The maximum Gasteiger partial charge on any atom is 0.348 e. The van der Waals surface area contributed by atoms with Gasteiger partial charge in [-0.05, 0) is 19.1 Å². The summed E-state index contributed by atoms with van der Waals surface area (Å²) < 4.78 is 16.0. The maximum atomic E-state index is 10.8. The molecule has 5 nitrogen and oxygen atoms in total. The van der Waals surface area contributed by atoms with E-state index >= 15 is 0 Å². The Kier molecular flexibility index (Phi) is 2.85. The molecule has 1 aromatic carbocycles. The van der Waals surface area contributed by atoms with Gasteiger partial charge in [0.15, 0.2) is 11.5 Å². The number of ether oxygens (including phenoxy) is 3. The maximum absolute atomic E-state index is 10.8. The van der Waals surface area contributed by atoms with Gasteiger partial charge in [0.05, 0.1) is 6.61 Å². The van der Waals surface area contributed by atoms with E-state index in [1.54, 1.807) is 18.2 Å². The minimum Gasteiger partial charge on any atom is -0.490 e. The molecule has 0 unspecified atom stereocenters. The van der Waals surface area contributed by atoms with Gasteiger partial charge in [0.1, 0.15) is 6.61 Å². The number of benzene rings is 1. The van der Waals surface area contributed by atoms with Crippen LogP contribution in [-0.4, -0.2) is 30.4 Å². The third-order valence-corrected chi connectivity index (χ3v) is 2.17. The molecule has 0 spiro atoms. The van der Waals surface area contributed by atoms with Crippen molar-refractivity contribution in [3.63, 3.8) is 0 Å². The summed E-state index contributed by atoms with van der Waals surface area (Å²) in [5.41, 5.74) is 0. The van der Waals surface area contributed by atoms with Crippen molar-refractivity contribution in [2.45, 2.75) is 13.0 Å². The first kappa shape index (κ1) is 10.6. The Morgan fingerprint density at radius 2 is 2.44 bits per heavy atom. The Hall–Kier alpha value is -1.91. The molecular formula is C11H12O5. The highest BCUT2D eigenvalue weighted by atomic mass is 16.6. The third-order valence-electron chi connectivity index (χ3n) is 2.17. The summed E-state index contributed by atoms with van der Waals surface area (Å²) in [5.74, 6) is 0.342. The Balaban J connectivity index is 2.30. The summed E-state index contributed by atoms with van der Waals surface area (Å²) in [6, 6.07) is 5.21. The summed E-state index contributed by atoms with van der Waals surface area (Å²) in [5, 5.41) is 8.84. The van der Waals surface area contributed by atoms with Gasteiger partial charge >= 0.3 is 5.97 Å². The quantitative estimate of drug-likeness (QED) is 0.838. The fraction of sp³-hybridized carbons (Fsp3) is 0.364. The Labute approximate surface area is 92.5 Å². The van der Waals surface area contributed by atoms with Crippen LogP contribution >= 0.6 is 0 Å². The van der Waals surface area contributed by atoms with Crippen molar-refractivity contribution in [1.82, 2.24) is 0 Å². The number of para-hydroxylation sites is 1. The Morgan fingerprint density at radius 3 is 3.12 bits per heavy atom. The lowest BCUT2D eigenvalue weighted by molar-refractivity contribution is -0.147. The minimum absolute atomic E-state index is 0.0118. The topological polar surface area (TPSA) is 65.0 Å². The van der Waals surface area contributed by atoms with Crippen molar-refractivity contribution in [3.05, 3.63) is 18.2 Å². The second-order valence-corrected chi connectivity index (χ2v) is 3.27. The van der Waals surface area contributed by atoms with Gasteiger partial charge in [-0.3, -0.25) is 0 Å². The largest absolute Gasteiger partial charge is 0.490 e. The molecule has 0 amide bonds. The van der Waals surface area contributed by atoms with E-state index in [1.165, 1.54) is 0 Å². The highest BCUT2D eigenvalue weighted by Crippen LogP contribution is 2.40. The van der Waals surface area contributed by atoms with Gasteiger partial charge in [-0.2, -0.15) is 0 Å². The molecular weight excluding hydrogens is 212 g/mol.